The van der Waals surface area contributed by atoms with Gasteiger partial charge in [0, 0.05) is 24.5 Å². The fourth-order valence-corrected chi connectivity index (χ4v) is 3.67. The Morgan fingerprint density at radius 2 is 1.62 bits per heavy atom. The van der Waals surface area contributed by atoms with Crippen molar-refractivity contribution in [3.8, 4) is 0 Å². The van der Waals surface area contributed by atoms with Gasteiger partial charge in [0.2, 0.25) is 0 Å². The van der Waals surface area contributed by atoms with Crippen LogP contribution >= 0.6 is 0 Å². The molecule has 1 unspecified atom stereocenters. The topological polar surface area (TPSA) is 20.3 Å². The Kier molecular flexibility index (Phi) is 4.79. The molecule has 26 heavy (non-hydrogen) atoms. The van der Waals surface area contributed by atoms with Crippen LogP contribution in [0.25, 0.3) is 0 Å². The van der Waals surface area contributed by atoms with Gasteiger partial charge in [-0.3, -0.25) is 4.79 Å². The summed E-state index contributed by atoms with van der Waals surface area (Å²) in [5.41, 5.74) is 4.15. The number of para-hydroxylation sites is 1. The van der Waals surface area contributed by atoms with E-state index >= 15 is 0 Å². The van der Waals surface area contributed by atoms with E-state index < -0.39 is 5.41 Å². The second-order valence-electron chi connectivity index (χ2n) is 8.59. The van der Waals surface area contributed by atoms with Crippen molar-refractivity contribution >= 4 is 11.5 Å². The molecule has 0 aliphatic heterocycles. The third-order valence-corrected chi connectivity index (χ3v) is 5.59. The number of anilines is 1. The van der Waals surface area contributed by atoms with Gasteiger partial charge in [-0.05, 0) is 48.4 Å². The predicted octanol–water partition coefficient (Wildman–Crippen LogP) is 5.63. The van der Waals surface area contributed by atoms with E-state index in [9.17, 15) is 4.79 Å². The lowest BCUT2D eigenvalue weighted by atomic mass is 9.78. The zero-order valence-corrected chi connectivity index (χ0v) is 16.5. The fraction of sp³-hybridized carbons (Fsp3) is 0.375. The van der Waals surface area contributed by atoms with Gasteiger partial charge >= 0.3 is 0 Å². The molecule has 136 valence electrons. The quantitative estimate of drug-likeness (QED) is 0.671. The van der Waals surface area contributed by atoms with Crippen molar-refractivity contribution in [2.24, 2.45) is 0 Å². The van der Waals surface area contributed by atoms with Crippen LogP contribution in [0.5, 0.6) is 0 Å². The lowest BCUT2D eigenvalue weighted by Gasteiger charge is -2.25. The summed E-state index contributed by atoms with van der Waals surface area (Å²) >= 11 is 0. The molecule has 1 saturated carbocycles. The smallest absolute Gasteiger partial charge is 0.170 e. The van der Waals surface area contributed by atoms with E-state index in [2.05, 4.69) is 64.1 Å². The number of ketones is 1. The third kappa shape index (κ3) is 3.46. The summed E-state index contributed by atoms with van der Waals surface area (Å²) in [6.45, 7) is 8.73. The van der Waals surface area contributed by atoms with Crippen molar-refractivity contribution in [3.63, 3.8) is 0 Å². The normalized spacial score (nSPS) is 22.0. The Balaban J connectivity index is 1.84. The Labute approximate surface area is 157 Å². The highest BCUT2D eigenvalue weighted by Crippen LogP contribution is 2.41. The fourth-order valence-electron chi connectivity index (χ4n) is 3.67. The van der Waals surface area contributed by atoms with Crippen LogP contribution in [0.15, 0.2) is 66.4 Å². The van der Waals surface area contributed by atoms with Gasteiger partial charge in [-0.15, -0.1) is 0 Å². The summed E-state index contributed by atoms with van der Waals surface area (Å²) in [6, 6.07) is 18.8. The van der Waals surface area contributed by atoms with E-state index in [1.807, 2.05) is 36.3 Å². The maximum Gasteiger partial charge on any atom is 0.170 e. The summed E-state index contributed by atoms with van der Waals surface area (Å²) in [6.07, 6.45) is 3.70. The second kappa shape index (κ2) is 6.75. The molecule has 0 heterocycles. The zero-order chi connectivity index (χ0) is 18.9. The van der Waals surface area contributed by atoms with Crippen LogP contribution in [-0.2, 0) is 15.6 Å². The maximum absolute atomic E-state index is 13.2. The van der Waals surface area contributed by atoms with E-state index in [0.717, 1.165) is 29.7 Å². The van der Waals surface area contributed by atoms with Crippen LogP contribution in [-0.4, -0.2) is 12.8 Å². The molecule has 1 atom stereocenters. The van der Waals surface area contributed by atoms with Crippen LogP contribution in [0.1, 0.15) is 51.7 Å². The molecular weight excluding hydrogens is 318 g/mol. The molecule has 0 N–H and O–H groups in total. The Bertz CT molecular complexity index is 812. The Morgan fingerprint density at radius 1 is 1.00 bits per heavy atom. The number of allylic oxidation sites excluding steroid dienone is 1. The number of benzene rings is 2. The first-order chi connectivity index (χ1) is 12.2. The van der Waals surface area contributed by atoms with Crippen molar-refractivity contribution in [2.75, 3.05) is 11.9 Å². The molecule has 0 bridgehead atoms. The molecule has 0 amide bonds. The van der Waals surface area contributed by atoms with Crippen molar-refractivity contribution in [1.29, 1.82) is 0 Å². The van der Waals surface area contributed by atoms with Gasteiger partial charge in [-0.1, -0.05) is 63.2 Å². The van der Waals surface area contributed by atoms with Gasteiger partial charge in [0.25, 0.3) is 0 Å². The minimum atomic E-state index is -0.417. The average Bonchev–Trinajstić information content (AvgIpc) is 2.91. The molecule has 1 aliphatic rings. The molecule has 2 nitrogen and oxygen atoms in total. The third-order valence-electron chi connectivity index (χ3n) is 5.59. The van der Waals surface area contributed by atoms with Gasteiger partial charge in [0.1, 0.15) is 0 Å². The van der Waals surface area contributed by atoms with E-state index in [-0.39, 0.29) is 11.2 Å². The number of rotatable bonds is 3. The van der Waals surface area contributed by atoms with Gasteiger partial charge in [-0.25, -0.2) is 0 Å². The zero-order valence-electron chi connectivity index (χ0n) is 16.5. The first-order valence-corrected chi connectivity index (χ1v) is 9.36. The van der Waals surface area contributed by atoms with Crippen LogP contribution in [0.3, 0.4) is 0 Å². The minimum absolute atomic E-state index is 0.128. The lowest BCUT2D eigenvalue weighted by molar-refractivity contribution is -0.118. The minimum Gasteiger partial charge on any atom is -0.351 e. The predicted molar refractivity (Wildman–Crippen MR) is 110 cm³/mol. The Hall–Kier alpha value is -2.35. The highest BCUT2D eigenvalue weighted by molar-refractivity contribution is 6.05. The van der Waals surface area contributed by atoms with Gasteiger partial charge in [-0.2, -0.15) is 0 Å². The molecule has 2 heteroatoms. The van der Waals surface area contributed by atoms with Crippen molar-refractivity contribution in [2.45, 2.75) is 51.4 Å². The van der Waals surface area contributed by atoms with Gasteiger partial charge < -0.3 is 4.90 Å². The summed E-state index contributed by atoms with van der Waals surface area (Å²) in [5, 5.41) is 0. The summed E-state index contributed by atoms with van der Waals surface area (Å²) in [7, 11) is 2.00. The highest BCUT2D eigenvalue weighted by atomic mass is 16.1. The number of carbonyl (C=O) groups excluding carboxylic acids is 1. The molecular formula is C24H29NO. The molecule has 0 aromatic heterocycles. The number of Topliss-reactive ketones (excluding diaryl/α,β-unsaturated/α-hetero) is 1. The molecule has 2 aromatic carbocycles. The summed E-state index contributed by atoms with van der Waals surface area (Å²) < 4.78 is 0. The number of hydrogen-bond donors (Lipinski definition) is 0. The van der Waals surface area contributed by atoms with Crippen molar-refractivity contribution < 1.29 is 4.79 Å². The average molecular weight is 348 g/mol. The number of nitrogens with zero attached hydrogens (tertiary/aromatic N) is 1. The van der Waals surface area contributed by atoms with Crippen LogP contribution in [0, 0.1) is 0 Å². The lowest BCUT2D eigenvalue weighted by Crippen LogP contribution is -2.28. The standard InChI is InChI=1S/C24H29NO/c1-23(2,3)19-11-13-20(14-12-19)24(4)16-15-18(22(24)26)17-25(5)21-9-7-6-8-10-21/h6-14,17H,15-16H2,1-5H3/b18-17-. The van der Waals surface area contributed by atoms with Crippen molar-refractivity contribution in [1.82, 2.24) is 0 Å². The largest absolute Gasteiger partial charge is 0.351 e. The molecule has 3 rings (SSSR count). The molecule has 1 fully saturated rings. The highest BCUT2D eigenvalue weighted by Gasteiger charge is 2.42. The van der Waals surface area contributed by atoms with Gasteiger partial charge in [0.15, 0.2) is 5.78 Å². The van der Waals surface area contributed by atoms with Crippen LogP contribution < -0.4 is 4.90 Å². The first-order valence-electron chi connectivity index (χ1n) is 9.36. The maximum atomic E-state index is 13.2. The molecule has 0 saturated heterocycles. The first kappa shape index (κ1) is 18.4. The number of hydrogen-bond acceptors (Lipinski definition) is 2. The SMILES string of the molecule is CN(/C=C1/CCC(C)(c2ccc(C(C)(C)C)cc2)C1=O)c1ccccc1. The molecule has 2 aromatic rings. The van der Waals surface area contributed by atoms with Crippen LogP contribution in [0.2, 0.25) is 0 Å². The Morgan fingerprint density at radius 3 is 2.19 bits per heavy atom. The number of carbonyl (C=O) groups is 1. The monoisotopic (exact) mass is 347 g/mol. The van der Waals surface area contributed by atoms with Gasteiger partial charge in [0.05, 0.1) is 5.41 Å². The van der Waals surface area contributed by atoms with Crippen LogP contribution in [0.4, 0.5) is 5.69 Å². The second-order valence-corrected chi connectivity index (χ2v) is 8.59. The van der Waals surface area contributed by atoms with E-state index in [1.165, 1.54) is 5.56 Å². The van der Waals surface area contributed by atoms with E-state index in [1.54, 1.807) is 0 Å². The molecule has 0 spiro atoms. The van der Waals surface area contributed by atoms with E-state index in [0.29, 0.717) is 0 Å². The summed E-state index contributed by atoms with van der Waals surface area (Å²) in [4.78, 5) is 15.2. The van der Waals surface area contributed by atoms with E-state index in [4.69, 9.17) is 0 Å². The van der Waals surface area contributed by atoms with Crippen molar-refractivity contribution in [3.05, 3.63) is 77.5 Å². The summed E-state index contributed by atoms with van der Waals surface area (Å²) in [5.74, 6) is 0.254. The molecule has 1 aliphatic carbocycles. The molecule has 0 radical (unpaired) electrons.